The molecule has 0 saturated carbocycles. The Kier molecular flexibility index (Phi) is 6.84. The van der Waals surface area contributed by atoms with Crippen molar-refractivity contribution in [1.29, 1.82) is 0 Å². The van der Waals surface area contributed by atoms with Gasteiger partial charge in [-0.15, -0.1) is 0 Å². The summed E-state index contributed by atoms with van der Waals surface area (Å²) in [5.74, 6) is 0.701. The number of benzene rings is 7. The molecule has 0 radical (unpaired) electrons. The summed E-state index contributed by atoms with van der Waals surface area (Å²) in [4.78, 5) is 10.3. The summed E-state index contributed by atoms with van der Waals surface area (Å²) in [5, 5.41) is 2.53. The molecule has 0 aliphatic heterocycles. The second-order valence-electron chi connectivity index (χ2n) is 14.3. The van der Waals surface area contributed by atoms with E-state index in [-0.39, 0.29) is 5.41 Å². The molecule has 0 atom stereocenters. The minimum Gasteiger partial charge on any atom is -0.309 e. The van der Waals surface area contributed by atoms with Crippen molar-refractivity contribution in [3.8, 4) is 61.8 Å². The lowest BCUT2D eigenvalue weighted by molar-refractivity contribution is 0.661. The zero-order valence-electron chi connectivity index (χ0n) is 29.1. The van der Waals surface area contributed by atoms with Gasteiger partial charge in [-0.2, -0.15) is 0 Å². The zero-order chi connectivity index (χ0) is 34.8. The highest BCUT2D eigenvalue weighted by molar-refractivity contribution is 6.11. The maximum Gasteiger partial charge on any atom is 0.160 e. The maximum absolute atomic E-state index is 5.18. The summed E-state index contributed by atoms with van der Waals surface area (Å²) in [6, 6.07) is 62.8. The van der Waals surface area contributed by atoms with Gasteiger partial charge in [0, 0.05) is 38.6 Å². The molecule has 2 aromatic heterocycles. The van der Waals surface area contributed by atoms with E-state index in [0.29, 0.717) is 5.82 Å². The molecule has 246 valence electrons. The smallest absolute Gasteiger partial charge is 0.160 e. The number of fused-ring (bicyclic) bond motifs is 6. The summed E-state index contributed by atoms with van der Waals surface area (Å²) in [6.45, 7) is 4.70. The van der Waals surface area contributed by atoms with Crippen molar-refractivity contribution in [2.75, 3.05) is 0 Å². The van der Waals surface area contributed by atoms with Gasteiger partial charge in [0.25, 0.3) is 0 Å². The second kappa shape index (κ2) is 11.8. The maximum atomic E-state index is 5.18. The molecule has 9 aromatic rings. The molecule has 10 rings (SSSR count). The van der Waals surface area contributed by atoms with Crippen molar-refractivity contribution < 1.29 is 0 Å². The van der Waals surface area contributed by atoms with Crippen molar-refractivity contribution in [3.63, 3.8) is 0 Å². The lowest BCUT2D eigenvalue weighted by Crippen LogP contribution is -2.14. The van der Waals surface area contributed by atoms with Gasteiger partial charge >= 0.3 is 0 Å². The largest absolute Gasteiger partial charge is 0.309 e. The third-order valence-electron chi connectivity index (χ3n) is 10.8. The summed E-state index contributed by atoms with van der Waals surface area (Å²) in [7, 11) is 0. The highest BCUT2D eigenvalue weighted by atomic mass is 15.0. The van der Waals surface area contributed by atoms with Gasteiger partial charge in [0.15, 0.2) is 5.82 Å². The molecule has 2 heterocycles. The Bertz CT molecular complexity index is 2790. The molecule has 7 aromatic carbocycles. The van der Waals surface area contributed by atoms with Gasteiger partial charge in [-0.25, -0.2) is 9.97 Å². The van der Waals surface area contributed by atoms with Gasteiger partial charge in [-0.1, -0.05) is 135 Å². The van der Waals surface area contributed by atoms with E-state index in [9.17, 15) is 0 Å². The van der Waals surface area contributed by atoms with Crippen LogP contribution >= 0.6 is 0 Å². The summed E-state index contributed by atoms with van der Waals surface area (Å²) >= 11 is 0. The van der Waals surface area contributed by atoms with Crippen LogP contribution in [0.2, 0.25) is 0 Å². The Hall–Kier alpha value is -6.58. The van der Waals surface area contributed by atoms with Crippen LogP contribution in [0.15, 0.2) is 176 Å². The van der Waals surface area contributed by atoms with E-state index >= 15 is 0 Å². The van der Waals surface area contributed by atoms with E-state index in [1.807, 2.05) is 6.07 Å². The molecule has 0 bridgehead atoms. The van der Waals surface area contributed by atoms with Gasteiger partial charge < -0.3 is 4.57 Å². The SMILES string of the molecule is CC1(C)c2ccccc2-c2cc3c4ccccc4n(-c4ccc(-c5nc(-c6ccccc6)cc(-c6cccc(-c7ccccc7)c6)n5)cc4)c3cc21. The molecular formula is C49H35N3. The summed E-state index contributed by atoms with van der Waals surface area (Å²) < 4.78 is 2.41. The Labute approximate surface area is 303 Å². The number of hydrogen-bond acceptors (Lipinski definition) is 2. The van der Waals surface area contributed by atoms with Crippen LogP contribution in [-0.4, -0.2) is 14.5 Å². The zero-order valence-corrected chi connectivity index (χ0v) is 29.1. The Balaban J connectivity index is 1.11. The highest BCUT2D eigenvalue weighted by Gasteiger charge is 2.36. The fraction of sp³-hybridized carbons (Fsp3) is 0.0612. The summed E-state index contributed by atoms with van der Waals surface area (Å²) in [6.07, 6.45) is 0. The number of para-hydroxylation sites is 1. The van der Waals surface area contributed by atoms with Gasteiger partial charge in [-0.3, -0.25) is 0 Å². The fourth-order valence-corrected chi connectivity index (χ4v) is 8.17. The predicted octanol–water partition coefficient (Wildman–Crippen LogP) is 12.5. The Morgan fingerprint density at radius 3 is 1.83 bits per heavy atom. The standard InChI is InChI=1S/C49H35N3/c1-49(2)42-22-11-9-20-38(42)40-29-41-39-21-10-12-23-46(39)52(47(41)30-43(40)49)37-26-24-34(25-27-37)48-50-44(33-16-7-4-8-17-33)31-45(51-48)36-19-13-18-35(28-36)32-14-5-3-6-15-32/h3-31H,1-2H3. The van der Waals surface area contributed by atoms with Crippen LogP contribution < -0.4 is 0 Å². The predicted molar refractivity (Wildman–Crippen MR) is 216 cm³/mol. The van der Waals surface area contributed by atoms with Crippen LogP contribution in [0.3, 0.4) is 0 Å². The molecule has 0 fully saturated rings. The van der Waals surface area contributed by atoms with E-state index < -0.39 is 0 Å². The van der Waals surface area contributed by atoms with E-state index in [1.165, 1.54) is 49.6 Å². The number of nitrogens with zero attached hydrogens (tertiary/aromatic N) is 3. The first kappa shape index (κ1) is 30.3. The van der Waals surface area contributed by atoms with Crippen molar-refractivity contribution in [2.24, 2.45) is 0 Å². The normalized spacial score (nSPS) is 13.0. The lowest BCUT2D eigenvalue weighted by atomic mass is 9.82. The van der Waals surface area contributed by atoms with Crippen LogP contribution in [0.25, 0.3) is 83.6 Å². The lowest BCUT2D eigenvalue weighted by Gasteiger charge is -2.21. The minimum absolute atomic E-state index is 0.0787. The number of rotatable bonds is 5. The molecule has 0 unspecified atom stereocenters. The second-order valence-corrected chi connectivity index (χ2v) is 14.3. The van der Waals surface area contributed by atoms with Crippen LogP contribution in [0.4, 0.5) is 0 Å². The molecule has 52 heavy (non-hydrogen) atoms. The third-order valence-corrected chi connectivity index (χ3v) is 10.8. The van der Waals surface area contributed by atoms with Crippen LogP contribution in [-0.2, 0) is 5.41 Å². The van der Waals surface area contributed by atoms with E-state index in [4.69, 9.17) is 9.97 Å². The Morgan fingerprint density at radius 1 is 0.404 bits per heavy atom. The first-order valence-corrected chi connectivity index (χ1v) is 17.9. The van der Waals surface area contributed by atoms with Crippen LogP contribution in [0.1, 0.15) is 25.0 Å². The monoisotopic (exact) mass is 665 g/mol. The van der Waals surface area contributed by atoms with Gasteiger partial charge in [-0.05, 0) is 88.0 Å². The highest BCUT2D eigenvalue weighted by Crippen LogP contribution is 2.51. The molecule has 0 spiro atoms. The molecule has 1 aliphatic rings. The van der Waals surface area contributed by atoms with Crippen molar-refractivity contribution in [1.82, 2.24) is 14.5 Å². The van der Waals surface area contributed by atoms with Gasteiger partial charge in [0.2, 0.25) is 0 Å². The summed E-state index contributed by atoms with van der Waals surface area (Å²) in [5.41, 5.74) is 16.1. The van der Waals surface area contributed by atoms with Crippen molar-refractivity contribution in [2.45, 2.75) is 19.3 Å². The van der Waals surface area contributed by atoms with Crippen molar-refractivity contribution >= 4 is 21.8 Å². The average Bonchev–Trinajstić information content (AvgIpc) is 3.65. The van der Waals surface area contributed by atoms with Gasteiger partial charge in [0.05, 0.1) is 22.4 Å². The molecule has 3 nitrogen and oxygen atoms in total. The number of hydrogen-bond donors (Lipinski definition) is 0. The quantitative estimate of drug-likeness (QED) is 0.183. The molecule has 0 amide bonds. The van der Waals surface area contributed by atoms with E-state index in [1.54, 1.807) is 0 Å². The topological polar surface area (TPSA) is 30.7 Å². The molecule has 0 N–H and O–H groups in total. The number of aromatic nitrogens is 3. The average molecular weight is 666 g/mol. The van der Waals surface area contributed by atoms with E-state index in [2.05, 4.69) is 188 Å². The fourth-order valence-electron chi connectivity index (χ4n) is 8.17. The molecule has 0 saturated heterocycles. The van der Waals surface area contributed by atoms with Crippen LogP contribution in [0, 0.1) is 0 Å². The van der Waals surface area contributed by atoms with Crippen LogP contribution in [0.5, 0.6) is 0 Å². The van der Waals surface area contributed by atoms with Crippen molar-refractivity contribution in [3.05, 3.63) is 187 Å². The Morgan fingerprint density at radius 2 is 1.04 bits per heavy atom. The first-order valence-electron chi connectivity index (χ1n) is 17.9. The first-order chi connectivity index (χ1) is 25.5. The van der Waals surface area contributed by atoms with Gasteiger partial charge in [0.1, 0.15) is 0 Å². The molecule has 1 aliphatic carbocycles. The minimum atomic E-state index is -0.0787. The third kappa shape index (κ3) is 4.81. The van der Waals surface area contributed by atoms with E-state index in [0.717, 1.165) is 39.3 Å². The molecular weight excluding hydrogens is 631 g/mol. The molecule has 3 heteroatoms.